The highest BCUT2D eigenvalue weighted by molar-refractivity contribution is 8.18. The second-order valence-electron chi connectivity index (χ2n) is 10.4. The zero-order valence-electron chi connectivity index (χ0n) is 22.0. The minimum atomic E-state index is -0.895. The Morgan fingerprint density at radius 1 is 1.28 bits per heavy atom. The van der Waals surface area contributed by atoms with Crippen LogP contribution in [0.15, 0.2) is 52.1 Å². The number of amidine groups is 1. The standard InChI is InChI=1S/C28H29Cl2FN4O3S/c1-5-15-10-11-32-21(15)25(36)38-26(37)23-22(14(2)3)35-24(16-6-8-18(29)19(31)12-16)28(4,34-27(35)39-23)17-7-9-20(30)33-13-17/h6-9,12-15,21,24,32H,5,10-11H2,1-4H3/t15-,21+,24-,28+/m1/s1. The van der Waals surface area contributed by atoms with Crippen LogP contribution in [-0.2, 0) is 19.9 Å². The number of hydrogen-bond donors (Lipinski definition) is 1. The molecule has 1 aromatic heterocycles. The van der Waals surface area contributed by atoms with Crippen LogP contribution >= 0.6 is 35.0 Å². The molecule has 3 aliphatic heterocycles. The fraction of sp³-hybridized carbons (Fsp3) is 0.429. The minimum Gasteiger partial charge on any atom is -0.388 e. The molecule has 0 aliphatic carbocycles. The first-order valence-corrected chi connectivity index (χ1v) is 14.5. The largest absolute Gasteiger partial charge is 0.388 e. The van der Waals surface area contributed by atoms with Crippen LogP contribution in [0.5, 0.6) is 0 Å². The Morgan fingerprint density at radius 3 is 2.69 bits per heavy atom. The number of aromatic nitrogens is 1. The quantitative estimate of drug-likeness (QED) is 0.242. The van der Waals surface area contributed by atoms with Crippen molar-refractivity contribution in [3.8, 4) is 0 Å². The van der Waals surface area contributed by atoms with E-state index in [1.807, 2.05) is 38.7 Å². The van der Waals surface area contributed by atoms with Gasteiger partial charge in [-0.05, 0) is 67.2 Å². The molecular weight excluding hydrogens is 562 g/mol. The van der Waals surface area contributed by atoms with E-state index >= 15 is 0 Å². The summed E-state index contributed by atoms with van der Waals surface area (Å²) in [7, 11) is 0. The molecule has 1 N–H and O–H groups in total. The number of allylic oxidation sites excluding steroid dienone is 1. The number of halogens is 3. The van der Waals surface area contributed by atoms with E-state index in [4.69, 9.17) is 32.9 Å². The van der Waals surface area contributed by atoms with Crippen LogP contribution in [0.25, 0.3) is 0 Å². The number of nitrogens with one attached hydrogen (secondary N) is 1. The number of nitrogens with zero attached hydrogens (tertiary/aromatic N) is 3. The summed E-state index contributed by atoms with van der Waals surface area (Å²) < 4.78 is 20.2. The summed E-state index contributed by atoms with van der Waals surface area (Å²) in [5, 5.41) is 4.06. The molecule has 3 aliphatic rings. The zero-order chi connectivity index (χ0) is 28.1. The number of esters is 2. The molecule has 11 heteroatoms. The van der Waals surface area contributed by atoms with Gasteiger partial charge >= 0.3 is 11.9 Å². The summed E-state index contributed by atoms with van der Waals surface area (Å²) in [4.78, 5) is 37.9. The summed E-state index contributed by atoms with van der Waals surface area (Å²) in [6.07, 6.45) is 3.34. The van der Waals surface area contributed by atoms with E-state index in [2.05, 4.69) is 10.3 Å². The molecule has 7 nitrogen and oxygen atoms in total. The average Bonchev–Trinajstić information content (AvgIpc) is 3.58. The first-order valence-electron chi connectivity index (χ1n) is 12.9. The molecule has 4 atom stereocenters. The third-order valence-corrected chi connectivity index (χ3v) is 9.22. The number of pyridine rings is 1. The Hall–Kier alpha value is -2.46. The van der Waals surface area contributed by atoms with Crippen molar-refractivity contribution in [2.45, 2.75) is 58.2 Å². The molecule has 2 aromatic rings. The van der Waals surface area contributed by atoms with Crippen LogP contribution in [0, 0.1) is 17.7 Å². The van der Waals surface area contributed by atoms with E-state index < -0.39 is 35.4 Å². The molecule has 0 radical (unpaired) electrons. The van der Waals surface area contributed by atoms with Crippen molar-refractivity contribution >= 4 is 52.1 Å². The Bertz CT molecular complexity index is 1380. The summed E-state index contributed by atoms with van der Waals surface area (Å²) in [6.45, 7) is 8.59. The van der Waals surface area contributed by atoms with Crippen molar-refractivity contribution in [1.82, 2.24) is 15.2 Å². The van der Waals surface area contributed by atoms with Gasteiger partial charge in [0, 0.05) is 17.5 Å². The molecule has 0 amide bonds. The average molecular weight is 592 g/mol. The summed E-state index contributed by atoms with van der Waals surface area (Å²) in [6, 6.07) is 7.16. The van der Waals surface area contributed by atoms with E-state index in [0.29, 0.717) is 33.0 Å². The molecule has 1 saturated heterocycles. The summed E-state index contributed by atoms with van der Waals surface area (Å²) in [5.41, 5.74) is 1.16. The lowest BCUT2D eigenvalue weighted by Gasteiger charge is -2.36. The Morgan fingerprint density at radius 2 is 2.05 bits per heavy atom. The molecule has 39 heavy (non-hydrogen) atoms. The molecule has 0 saturated carbocycles. The number of carbonyl (C=O) groups excluding carboxylic acids is 2. The van der Waals surface area contributed by atoms with Gasteiger partial charge in [0.25, 0.3) is 0 Å². The van der Waals surface area contributed by atoms with Crippen molar-refractivity contribution in [2.24, 2.45) is 16.8 Å². The van der Waals surface area contributed by atoms with Gasteiger partial charge in [-0.25, -0.2) is 24.0 Å². The third kappa shape index (κ3) is 4.99. The summed E-state index contributed by atoms with van der Waals surface area (Å²) in [5.74, 6) is -1.83. The number of benzene rings is 1. The van der Waals surface area contributed by atoms with E-state index in [0.717, 1.165) is 30.2 Å². The number of hydrogen-bond acceptors (Lipinski definition) is 8. The third-order valence-electron chi connectivity index (χ3n) is 7.64. The van der Waals surface area contributed by atoms with Crippen LogP contribution in [0.4, 0.5) is 4.39 Å². The second kappa shape index (κ2) is 10.8. The molecule has 5 rings (SSSR count). The van der Waals surface area contributed by atoms with Gasteiger partial charge in [-0.1, -0.05) is 62.5 Å². The van der Waals surface area contributed by atoms with Gasteiger partial charge in [-0.2, -0.15) is 0 Å². The molecule has 0 bridgehead atoms. The number of carbonyl (C=O) groups is 2. The van der Waals surface area contributed by atoms with E-state index in [-0.39, 0.29) is 16.9 Å². The van der Waals surface area contributed by atoms with Gasteiger partial charge < -0.3 is 15.0 Å². The van der Waals surface area contributed by atoms with Crippen molar-refractivity contribution in [3.05, 3.63) is 74.3 Å². The predicted octanol–water partition coefficient (Wildman–Crippen LogP) is 6.23. The van der Waals surface area contributed by atoms with Gasteiger partial charge in [0.2, 0.25) is 0 Å². The molecule has 1 aromatic carbocycles. The topological polar surface area (TPSA) is 83.9 Å². The molecule has 0 spiro atoms. The van der Waals surface area contributed by atoms with Gasteiger partial charge in [0.15, 0.2) is 5.17 Å². The summed E-state index contributed by atoms with van der Waals surface area (Å²) >= 11 is 13.2. The first-order chi connectivity index (χ1) is 18.5. The van der Waals surface area contributed by atoms with E-state index in [1.54, 1.807) is 18.3 Å². The van der Waals surface area contributed by atoms with Gasteiger partial charge in [-0.15, -0.1) is 0 Å². The van der Waals surface area contributed by atoms with Crippen molar-refractivity contribution in [2.75, 3.05) is 6.54 Å². The lowest BCUT2D eigenvalue weighted by molar-refractivity contribution is -0.158. The smallest absolute Gasteiger partial charge is 0.354 e. The van der Waals surface area contributed by atoms with Crippen LogP contribution in [0.1, 0.15) is 57.7 Å². The second-order valence-corrected chi connectivity index (χ2v) is 12.2. The van der Waals surface area contributed by atoms with Crippen LogP contribution in [0.2, 0.25) is 10.2 Å². The fourth-order valence-electron chi connectivity index (χ4n) is 5.66. The predicted molar refractivity (Wildman–Crippen MR) is 151 cm³/mol. The number of thioether (sulfide) groups is 1. The molecule has 0 unspecified atom stereocenters. The molecule has 1 fully saturated rings. The van der Waals surface area contributed by atoms with Crippen LogP contribution < -0.4 is 5.32 Å². The van der Waals surface area contributed by atoms with Crippen molar-refractivity contribution in [3.63, 3.8) is 0 Å². The first kappa shape index (κ1) is 28.1. The van der Waals surface area contributed by atoms with Crippen molar-refractivity contribution in [1.29, 1.82) is 0 Å². The van der Waals surface area contributed by atoms with Crippen LogP contribution in [-0.4, -0.2) is 39.6 Å². The normalized spacial score (nSPS) is 26.3. The van der Waals surface area contributed by atoms with E-state index in [1.165, 1.54) is 12.1 Å². The number of aliphatic imine (C=N–C) groups is 1. The number of ether oxygens (including phenoxy) is 1. The van der Waals surface area contributed by atoms with Gasteiger partial charge in [-0.3, -0.25) is 0 Å². The molecule has 4 heterocycles. The Labute approximate surface area is 241 Å². The van der Waals surface area contributed by atoms with E-state index in [9.17, 15) is 14.0 Å². The SMILES string of the molecule is CC[C@@H]1CCN[C@@H]1C(=O)OC(=O)C1=C(C(C)C)N2C(=N[C@@](C)(c3ccc(Cl)nc3)[C@H]2c2ccc(Cl)c(F)c2)S1. The maximum absolute atomic E-state index is 14.7. The van der Waals surface area contributed by atoms with Crippen LogP contribution in [0.3, 0.4) is 0 Å². The monoisotopic (exact) mass is 590 g/mol. The number of fused-ring (bicyclic) bond motifs is 1. The number of rotatable bonds is 6. The minimum absolute atomic E-state index is 0.0110. The lowest BCUT2D eigenvalue weighted by atomic mass is 9.81. The highest BCUT2D eigenvalue weighted by Crippen LogP contribution is 2.56. The maximum atomic E-state index is 14.7. The lowest BCUT2D eigenvalue weighted by Crippen LogP contribution is -2.38. The zero-order valence-corrected chi connectivity index (χ0v) is 24.3. The molecule has 206 valence electrons. The Kier molecular flexibility index (Phi) is 7.81. The van der Waals surface area contributed by atoms with Gasteiger partial charge in [0.1, 0.15) is 27.5 Å². The van der Waals surface area contributed by atoms with Crippen molar-refractivity contribution < 1.29 is 18.7 Å². The Balaban J connectivity index is 1.56. The fourth-order valence-corrected chi connectivity index (χ4v) is 7.17. The van der Waals surface area contributed by atoms with Gasteiger partial charge in [0.05, 0.1) is 11.1 Å². The maximum Gasteiger partial charge on any atom is 0.354 e. The highest BCUT2D eigenvalue weighted by atomic mass is 35.5. The molecular formula is C28H29Cl2FN4O3S. The highest BCUT2D eigenvalue weighted by Gasteiger charge is 2.54.